The minimum absolute atomic E-state index is 0.108. The van der Waals surface area contributed by atoms with Crippen LogP contribution < -0.4 is 5.32 Å². The smallest absolute Gasteiger partial charge is 0.125 e. The Hall–Kier alpha value is -0.450. The lowest BCUT2D eigenvalue weighted by Gasteiger charge is -2.34. The highest BCUT2D eigenvalue weighted by atomic mass is 32.1. The third kappa shape index (κ3) is 3.77. The molecule has 1 aromatic heterocycles. The van der Waals surface area contributed by atoms with E-state index in [4.69, 9.17) is 4.74 Å². The molecule has 3 nitrogen and oxygen atoms in total. The molecule has 0 spiro atoms. The summed E-state index contributed by atoms with van der Waals surface area (Å²) >= 11 is 1.80. The first kappa shape index (κ1) is 14.9. The summed E-state index contributed by atoms with van der Waals surface area (Å²) in [5.41, 5.74) is 0.0385. The average Bonchev–Trinajstić information content (AvgIpc) is 2.86. The average molecular weight is 282 g/mol. The fourth-order valence-electron chi connectivity index (χ4n) is 2.58. The monoisotopic (exact) mass is 282 g/mol. The molecular formula is C15H26N2OS. The molecule has 0 unspecified atom stereocenters. The van der Waals surface area contributed by atoms with Gasteiger partial charge >= 0.3 is 0 Å². The van der Waals surface area contributed by atoms with Gasteiger partial charge < -0.3 is 10.1 Å². The van der Waals surface area contributed by atoms with E-state index >= 15 is 0 Å². The van der Waals surface area contributed by atoms with Gasteiger partial charge in [0.2, 0.25) is 0 Å². The van der Waals surface area contributed by atoms with E-state index in [1.807, 2.05) is 13.3 Å². The summed E-state index contributed by atoms with van der Waals surface area (Å²) < 4.78 is 5.85. The normalized spacial score (nSPS) is 19.6. The zero-order valence-corrected chi connectivity index (χ0v) is 13.4. The first-order valence-corrected chi connectivity index (χ1v) is 8.02. The van der Waals surface area contributed by atoms with Crippen molar-refractivity contribution < 1.29 is 4.74 Å². The maximum atomic E-state index is 5.85. The van der Waals surface area contributed by atoms with E-state index in [-0.39, 0.29) is 11.1 Å². The van der Waals surface area contributed by atoms with Gasteiger partial charge in [-0.25, -0.2) is 4.98 Å². The summed E-state index contributed by atoms with van der Waals surface area (Å²) in [5, 5.41) is 4.68. The van der Waals surface area contributed by atoms with Crippen molar-refractivity contribution in [1.82, 2.24) is 10.3 Å². The zero-order valence-electron chi connectivity index (χ0n) is 12.6. The molecule has 0 amide bonds. The van der Waals surface area contributed by atoms with Crippen molar-refractivity contribution >= 4 is 11.3 Å². The molecule has 1 saturated carbocycles. The molecule has 0 aliphatic heterocycles. The summed E-state index contributed by atoms with van der Waals surface area (Å²) in [5.74, 6) is 0. The number of hydrogen-bond acceptors (Lipinski definition) is 4. The minimum atomic E-state index is -0.108. The van der Waals surface area contributed by atoms with Crippen molar-refractivity contribution in [2.24, 2.45) is 0 Å². The summed E-state index contributed by atoms with van der Waals surface area (Å²) in [6, 6.07) is 0. The van der Waals surface area contributed by atoms with E-state index in [0.717, 1.165) is 19.4 Å². The van der Waals surface area contributed by atoms with Crippen LogP contribution in [0.15, 0.2) is 6.20 Å². The molecule has 1 fully saturated rings. The van der Waals surface area contributed by atoms with Crippen LogP contribution in [-0.2, 0) is 16.9 Å². The highest BCUT2D eigenvalue weighted by Crippen LogP contribution is 2.41. The summed E-state index contributed by atoms with van der Waals surface area (Å²) in [6.07, 6.45) is 8.07. The lowest BCUT2D eigenvalue weighted by atomic mass is 9.85. The minimum Gasteiger partial charge on any atom is -0.371 e. The molecule has 0 radical (unpaired) electrons. The van der Waals surface area contributed by atoms with Gasteiger partial charge in [0.05, 0.1) is 0 Å². The number of aromatic nitrogens is 1. The Morgan fingerprint density at radius 1 is 1.32 bits per heavy atom. The largest absolute Gasteiger partial charge is 0.371 e. The first-order chi connectivity index (χ1) is 8.95. The van der Waals surface area contributed by atoms with Crippen LogP contribution in [-0.4, -0.2) is 17.6 Å². The molecule has 1 N–H and O–H groups in total. The number of thiazole rings is 1. The fourth-order valence-corrected chi connectivity index (χ4v) is 3.66. The number of rotatable bonds is 4. The molecule has 0 atom stereocenters. The van der Waals surface area contributed by atoms with Gasteiger partial charge in [0.25, 0.3) is 0 Å². The third-order valence-electron chi connectivity index (χ3n) is 3.79. The van der Waals surface area contributed by atoms with Crippen LogP contribution in [0.4, 0.5) is 0 Å². The van der Waals surface area contributed by atoms with E-state index in [2.05, 4.69) is 31.1 Å². The van der Waals surface area contributed by atoms with Crippen molar-refractivity contribution in [3.63, 3.8) is 0 Å². The quantitative estimate of drug-likeness (QED) is 0.911. The van der Waals surface area contributed by atoms with Crippen LogP contribution in [0.2, 0.25) is 0 Å². The summed E-state index contributed by atoms with van der Waals surface area (Å²) in [4.78, 5) is 5.94. The number of ether oxygens (including phenoxy) is 1. The summed E-state index contributed by atoms with van der Waals surface area (Å²) in [7, 11) is 1.83. The topological polar surface area (TPSA) is 34.1 Å². The maximum Gasteiger partial charge on any atom is 0.125 e. The molecule has 1 aliphatic rings. The van der Waals surface area contributed by atoms with Crippen LogP contribution in [0.5, 0.6) is 0 Å². The SMILES string of the molecule is COC1(c2ncc(CNC(C)(C)C)s2)CCCCC1. The molecule has 2 rings (SSSR count). The summed E-state index contributed by atoms with van der Waals surface area (Å²) in [6.45, 7) is 7.45. The number of hydrogen-bond donors (Lipinski definition) is 1. The van der Waals surface area contributed by atoms with E-state index in [0.29, 0.717) is 0 Å². The molecule has 1 heterocycles. The predicted molar refractivity (Wildman–Crippen MR) is 80.5 cm³/mol. The van der Waals surface area contributed by atoms with E-state index in [9.17, 15) is 0 Å². The lowest BCUT2D eigenvalue weighted by Crippen LogP contribution is -2.34. The van der Waals surface area contributed by atoms with Crippen LogP contribution >= 0.6 is 11.3 Å². The lowest BCUT2D eigenvalue weighted by molar-refractivity contribution is -0.0446. The van der Waals surface area contributed by atoms with E-state index < -0.39 is 0 Å². The van der Waals surface area contributed by atoms with Gasteiger partial charge in [-0.3, -0.25) is 0 Å². The highest BCUT2D eigenvalue weighted by molar-refractivity contribution is 7.11. The molecule has 108 valence electrons. The van der Waals surface area contributed by atoms with Crippen molar-refractivity contribution in [2.45, 2.75) is 70.6 Å². The Morgan fingerprint density at radius 2 is 2.00 bits per heavy atom. The third-order valence-corrected chi connectivity index (χ3v) is 4.97. The molecule has 0 saturated heterocycles. The Balaban J connectivity index is 2.06. The van der Waals surface area contributed by atoms with Gasteiger partial charge in [0.1, 0.15) is 10.6 Å². The van der Waals surface area contributed by atoms with Crippen molar-refractivity contribution in [3.8, 4) is 0 Å². The number of methoxy groups -OCH3 is 1. The van der Waals surface area contributed by atoms with Crippen LogP contribution in [0.25, 0.3) is 0 Å². The zero-order chi connectivity index (χ0) is 13.9. The Bertz CT molecular complexity index is 403. The van der Waals surface area contributed by atoms with Gasteiger partial charge in [-0.2, -0.15) is 0 Å². The fraction of sp³-hybridized carbons (Fsp3) is 0.800. The second-order valence-electron chi connectivity index (χ2n) is 6.49. The van der Waals surface area contributed by atoms with Crippen LogP contribution in [0.3, 0.4) is 0 Å². The predicted octanol–water partition coefficient (Wildman–Crippen LogP) is 3.84. The van der Waals surface area contributed by atoms with Gasteiger partial charge in [-0.05, 0) is 33.6 Å². The molecule has 4 heteroatoms. The standard InChI is InChI=1S/C15H26N2OS/c1-14(2,3)17-11-12-10-16-13(19-12)15(18-4)8-6-5-7-9-15/h10,17H,5-9,11H2,1-4H3. The van der Waals surface area contributed by atoms with Crippen LogP contribution in [0.1, 0.15) is 62.8 Å². The number of nitrogens with one attached hydrogen (secondary N) is 1. The van der Waals surface area contributed by atoms with E-state index in [1.165, 1.54) is 29.1 Å². The molecular weight excluding hydrogens is 256 g/mol. The first-order valence-electron chi connectivity index (χ1n) is 7.21. The molecule has 1 aromatic rings. The van der Waals surface area contributed by atoms with Crippen molar-refractivity contribution in [2.75, 3.05) is 7.11 Å². The van der Waals surface area contributed by atoms with Crippen molar-refractivity contribution in [3.05, 3.63) is 16.1 Å². The Labute approximate surface area is 120 Å². The van der Waals surface area contributed by atoms with E-state index in [1.54, 1.807) is 11.3 Å². The Kier molecular flexibility index (Phi) is 4.64. The second kappa shape index (κ2) is 5.90. The van der Waals surface area contributed by atoms with Gasteiger partial charge in [-0.15, -0.1) is 11.3 Å². The van der Waals surface area contributed by atoms with Gasteiger partial charge in [0.15, 0.2) is 0 Å². The maximum absolute atomic E-state index is 5.85. The highest BCUT2D eigenvalue weighted by Gasteiger charge is 2.36. The molecule has 0 bridgehead atoms. The molecule has 1 aliphatic carbocycles. The Morgan fingerprint density at radius 3 is 2.58 bits per heavy atom. The second-order valence-corrected chi connectivity index (χ2v) is 7.61. The van der Waals surface area contributed by atoms with Gasteiger partial charge in [0, 0.05) is 30.3 Å². The molecule has 19 heavy (non-hydrogen) atoms. The van der Waals surface area contributed by atoms with Gasteiger partial charge in [-0.1, -0.05) is 19.3 Å². The van der Waals surface area contributed by atoms with Crippen molar-refractivity contribution in [1.29, 1.82) is 0 Å². The number of nitrogens with zero attached hydrogens (tertiary/aromatic N) is 1. The van der Waals surface area contributed by atoms with Crippen LogP contribution in [0, 0.1) is 0 Å². The molecule has 0 aromatic carbocycles.